The van der Waals surface area contributed by atoms with Gasteiger partial charge in [-0.05, 0) is 63.6 Å². The second kappa shape index (κ2) is 9.11. The van der Waals surface area contributed by atoms with Crippen molar-refractivity contribution in [2.24, 2.45) is 0 Å². The predicted octanol–water partition coefficient (Wildman–Crippen LogP) is 4.76. The van der Waals surface area contributed by atoms with Gasteiger partial charge in [-0.3, -0.25) is 9.47 Å². The zero-order valence-corrected chi connectivity index (χ0v) is 20.9. The zero-order chi connectivity index (χ0) is 24.6. The highest BCUT2D eigenvalue weighted by Gasteiger charge is 2.37. The van der Waals surface area contributed by atoms with Gasteiger partial charge in [-0.1, -0.05) is 12.1 Å². The summed E-state index contributed by atoms with van der Waals surface area (Å²) < 4.78 is 13.6. The molecule has 5 rings (SSSR count). The minimum atomic E-state index is -0.589. The fourth-order valence-electron chi connectivity index (χ4n) is 4.66. The van der Waals surface area contributed by atoms with Crippen molar-refractivity contribution in [1.29, 1.82) is 0 Å². The molecule has 2 aromatic heterocycles. The number of carbonyl (C=O) groups is 1. The van der Waals surface area contributed by atoms with Gasteiger partial charge in [0.2, 0.25) is 5.88 Å². The van der Waals surface area contributed by atoms with Gasteiger partial charge in [0.15, 0.2) is 5.82 Å². The molecule has 9 nitrogen and oxygen atoms in total. The van der Waals surface area contributed by atoms with Crippen LogP contribution in [0, 0.1) is 0 Å². The Kier molecular flexibility index (Phi) is 6.13. The topological polar surface area (TPSA) is 95.3 Å². The van der Waals surface area contributed by atoms with Crippen LogP contribution in [0.25, 0.3) is 5.69 Å². The van der Waals surface area contributed by atoms with Gasteiger partial charge in [-0.25, -0.2) is 14.8 Å². The number of nitrogens with zero attached hydrogens (tertiary/aromatic N) is 6. The van der Waals surface area contributed by atoms with E-state index in [9.17, 15) is 4.79 Å². The maximum absolute atomic E-state index is 12.9. The molecule has 1 amide bonds. The van der Waals surface area contributed by atoms with Crippen molar-refractivity contribution in [3.8, 4) is 11.6 Å². The summed E-state index contributed by atoms with van der Waals surface area (Å²) >= 11 is 7.20. The Morgan fingerprint density at radius 3 is 2.69 bits per heavy atom. The molecule has 0 bridgehead atoms. The van der Waals surface area contributed by atoms with E-state index in [2.05, 4.69) is 32.3 Å². The number of fused-ring (bicyclic) bond motifs is 3. The third-order valence-electron chi connectivity index (χ3n) is 6.39. The Bertz CT molecular complexity index is 1200. The van der Waals surface area contributed by atoms with Crippen LogP contribution in [0.4, 0.5) is 4.79 Å². The first kappa shape index (κ1) is 23.5. The number of carbonyl (C=O) groups excluding carboxylic acids is 1. The normalized spacial score (nSPS) is 22.1. The molecular formula is C25H29ClN6O3. The minimum absolute atomic E-state index is 0.0693. The molecule has 184 valence electrons. The number of benzene rings is 1. The minimum Gasteiger partial charge on any atom is -0.474 e. The molecule has 1 fully saturated rings. The standard InChI is InChI=1S/C25H29ClN6O3/c1-24(2,3)35-23(33)31-13-17-12-18(4-5-20(17)32-16-29-30-21(32)14-31)25(26)9-6-19(7-10-25)34-22-8-11-27-15-28-22/h4-5,8,11-12,15-16,19H,6-7,9-10,13-14H2,1-3H3. The molecule has 1 aromatic carbocycles. The van der Waals surface area contributed by atoms with E-state index in [1.54, 1.807) is 23.5 Å². The van der Waals surface area contributed by atoms with Crippen molar-refractivity contribution < 1.29 is 14.3 Å². The number of hydrogen-bond donors (Lipinski definition) is 0. The molecule has 3 heterocycles. The van der Waals surface area contributed by atoms with Crippen molar-refractivity contribution in [1.82, 2.24) is 29.6 Å². The Morgan fingerprint density at radius 2 is 1.97 bits per heavy atom. The lowest BCUT2D eigenvalue weighted by atomic mass is 9.81. The molecule has 10 heteroatoms. The highest BCUT2D eigenvalue weighted by Crippen LogP contribution is 2.44. The summed E-state index contributed by atoms with van der Waals surface area (Å²) in [5, 5.41) is 8.29. The van der Waals surface area contributed by atoms with Crippen LogP contribution in [0.1, 0.15) is 63.4 Å². The van der Waals surface area contributed by atoms with Gasteiger partial charge < -0.3 is 9.47 Å². The van der Waals surface area contributed by atoms with Gasteiger partial charge in [0.1, 0.15) is 24.4 Å². The maximum Gasteiger partial charge on any atom is 0.411 e. The predicted molar refractivity (Wildman–Crippen MR) is 129 cm³/mol. The Labute approximate surface area is 209 Å². The molecule has 0 unspecified atom stereocenters. The smallest absolute Gasteiger partial charge is 0.411 e. The summed E-state index contributed by atoms with van der Waals surface area (Å²) in [5.74, 6) is 1.27. The van der Waals surface area contributed by atoms with Gasteiger partial charge in [-0.15, -0.1) is 21.8 Å². The van der Waals surface area contributed by atoms with Crippen molar-refractivity contribution in [3.63, 3.8) is 0 Å². The lowest BCUT2D eigenvalue weighted by molar-refractivity contribution is 0.0214. The lowest BCUT2D eigenvalue weighted by Gasteiger charge is -2.36. The van der Waals surface area contributed by atoms with Gasteiger partial charge in [-0.2, -0.15) is 0 Å². The Hall–Kier alpha value is -3.20. The molecule has 1 saturated carbocycles. The fourth-order valence-corrected chi connectivity index (χ4v) is 4.99. The number of alkyl halides is 1. The number of hydrogen-bond acceptors (Lipinski definition) is 7. The van der Waals surface area contributed by atoms with E-state index in [-0.39, 0.29) is 12.2 Å². The molecule has 1 aliphatic carbocycles. The molecule has 0 radical (unpaired) electrons. The molecular weight excluding hydrogens is 468 g/mol. The summed E-state index contributed by atoms with van der Waals surface area (Å²) in [6, 6.07) is 8.00. The summed E-state index contributed by atoms with van der Waals surface area (Å²) in [5.41, 5.74) is 2.38. The molecule has 3 aromatic rings. The maximum atomic E-state index is 12.9. The number of rotatable bonds is 3. The van der Waals surface area contributed by atoms with Gasteiger partial charge >= 0.3 is 6.09 Å². The van der Waals surface area contributed by atoms with E-state index < -0.39 is 10.5 Å². The van der Waals surface area contributed by atoms with Crippen LogP contribution >= 0.6 is 11.6 Å². The van der Waals surface area contributed by atoms with Crippen LogP contribution in [0.2, 0.25) is 0 Å². The van der Waals surface area contributed by atoms with Gasteiger partial charge in [0.05, 0.1) is 23.7 Å². The Morgan fingerprint density at radius 1 is 1.17 bits per heavy atom. The van der Waals surface area contributed by atoms with E-state index in [1.807, 2.05) is 31.4 Å². The third kappa shape index (κ3) is 5.10. The highest BCUT2D eigenvalue weighted by molar-refractivity contribution is 6.24. The molecule has 1 aliphatic heterocycles. The molecule has 0 N–H and O–H groups in total. The van der Waals surface area contributed by atoms with E-state index in [0.717, 1.165) is 42.5 Å². The first-order valence-electron chi connectivity index (χ1n) is 11.8. The fraction of sp³-hybridized carbons (Fsp3) is 0.480. The summed E-state index contributed by atoms with van der Waals surface area (Å²) in [6.45, 7) is 6.29. The number of aromatic nitrogens is 5. The average molecular weight is 497 g/mol. The zero-order valence-electron chi connectivity index (χ0n) is 20.1. The van der Waals surface area contributed by atoms with Gasteiger partial charge in [0.25, 0.3) is 0 Å². The van der Waals surface area contributed by atoms with Crippen molar-refractivity contribution in [2.75, 3.05) is 0 Å². The SMILES string of the molecule is CC(C)(C)OC(=O)N1Cc2cc(C3(Cl)CCC(Oc4ccncn4)CC3)ccc2-n2cnnc2C1. The molecule has 0 atom stereocenters. The van der Waals surface area contributed by atoms with Crippen molar-refractivity contribution in [2.45, 2.75) is 76.1 Å². The van der Waals surface area contributed by atoms with Crippen LogP contribution in [0.5, 0.6) is 5.88 Å². The van der Waals surface area contributed by atoms with Crippen molar-refractivity contribution in [3.05, 3.63) is 60.1 Å². The largest absolute Gasteiger partial charge is 0.474 e. The molecule has 35 heavy (non-hydrogen) atoms. The highest BCUT2D eigenvalue weighted by atomic mass is 35.5. The van der Waals surface area contributed by atoms with Crippen molar-refractivity contribution >= 4 is 17.7 Å². The van der Waals surface area contributed by atoms with Crippen LogP contribution in [-0.2, 0) is 22.7 Å². The quantitative estimate of drug-likeness (QED) is 0.482. The van der Waals surface area contributed by atoms with Crippen LogP contribution in [0.15, 0.2) is 43.1 Å². The van der Waals surface area contributed by atoms with Gasteiger partial charge in [0, 0.05) is 12.3 Å². The van der Waals surface area contributed by atoms with E-state index in [4.69, 9.17) is 21.1 Å². The number of halogens is 1. The molecule has 0 saturated heterocycles. The van der Waals surface area contributed by atoms with Crippen LogP contribution in [0.3, 0.4) is 0 Å². The molecule has 2 aliphatic rings. The lowest BCUT2D eigenvalue weighted by Crippen LogP contribution is -2.36. The first-order chi connectivity index (χ1) is 16.7. The number of amides is 1. The Balaban J connectivity index is 1.37. The number of ether oxygens (including phenoxy) is 2. The van der Waals surface area contributed by atoms with E-state index in [0.29, 0.717) is 24.8 Å². The van der Waals surface area contributed by atoms with E-state index >= 15 is 0 Å². The van der Waals surface area contributed by atoms with E-state index in [1.165, 1.54) is 6.33 Å². The first-order valence-corrected chi connectivity index (χ1v) is 12.2. The second-order valence-corrected chi connectivity index (χ2v) is 10.9. The monoisotopic (exact) mass is 496 g/mol. The third-order valence-corrected chi connectivity index (χ3v) is 6.98. The summed E-state index contributed by atoms with van der Waals surface area (Å²) in [7, 11) is 0. The average Bonchev–Trinajstić information content (AvgIpc) is 3.21. The second-order valence-electron chi connectivity index (χ2n) is 10.1. The summed E-state index contributed by atoms with van der Waals surface area (Å²) in [6.07, 6.45) is 7.73. The van der Waals surface area contributed by atoms with Crippen LogP contribution in [-0.4, -0.2) is 47.4 Å². The summed E-state index contributed by atoms with van der Waals surface area (Å²) in [4.78, 5) is 22.2. The molecule has 0 spiro atoms. The van der Waals surface area contributed by atoms with Crippen LogP contribution < -0.4 is 4.74 Å².